The Kier molecular flexibility index (Phi) is 39.8. The maximum Gasteiger partial charge on any atom is 0.0108 e. The maximum atomic E-state index is 5.61. The molecule has 0 aliphatic heterocycles. The molecule has 0 bridgehead atoms. The average Bonchev–Trinajstić information content (AvgIpc) is 2.87. The van der Waals surface area contributed by atoms with Crippen LogP contribution in [0.1, 0.15) is 93.9 Å². The highest BCUT2D eigenvalue weighted by Gasteiger charge is 2.17. The van der Waals surface area contributed by atoms with E-state index in [1.165, 1.54) is 38.5 Å². The minimum atomic E-state index is 0.343. The second-order valence-electron chi connectivity index (χ2n) is 11.5. The van der Waals surface area contributed by atoms with Gasteiger partial charge in [-0.2, -0.15) is 0 Å². The van der Waals surface area contributed by atoms with Gasteiger partial charge in [-0.3, -0.25) is 4.90 Å². The summed E-state index contributed by atoms with van der Waals surface area (Å²) in [6.45, 7) is 26.8. The number of nitrogens with two attached hydrogens (primary N) is 6. The lowest BCUT2D eigenvalue weighted by atomic mass is 9.83. The zero-order chi connectivity index (χ0) is 29.5. The topological polar surface area (TPSA) is 171 Å². The van der Waals surface area contributed by atoms with E-state index in [2.05, 4.69) is 65.6 Å². The Bertz CT molecular complexity index is 388. The van der Waals surface area contributed by atoms with Gasteiger partial charge in [-0.05, 0) is 55.6 Å². The third-order valence-electron chi connectivity index (χ3n) is 6.14. The highest BCUT2D eigenvalue weighted by atomic mass is 15.1. The molecule has 0 saturated heterocycles. The molecule has 0 aliphatic carbocycles. The Morgan fingerprint density at radius 2 is 1.24 bits per heavy atom. The monoisotopic (exact) mass is 535 g/mol. The van der Waals surface area contributed by atoms with E-state index in [9.17, 15) is 0 Å². The van der Waals surface area contributed by atoms with E-state index in [1.807, 2.05) is 0 Å². The van der Waals surface area contributed by atoms with Crippen LogP contribution in [0.4, 0.5) is 0 Å². The molecule has 0 fully saturated rings. The fourth-order valence-electron chi connectivity index (χ4n) is 3.20. The Morgan fingerprint density at radius 1 is 0.703 bits per heavy atom. The molecule has 0 spiro atoms. The summed E-state index contributed by atoms with van der Waals surface area (Å²) in [4.78, 5) is 2.25. The van der Waals surface area contributed by atoms with E-state index in [0.29, 0.717) is 31.0 Å². The number of hydrogen-bond acceptors (Lipinski definition) is 8. The molecule has 0 aromatic heterocycles. The van der Waals surface area contributed by atoms with Crippen LogP contribution in [0.25, 0.3) is 0 Å². The average molecular weight is 535 g/mol. The summed E-state index contributed by atoms with van der Waals surface area (Å²) in [7, 11) is 0. The minimum Gasteiger partial charge on any atom is -0.330 e. The van der Waals surface area contributed by atoms with Crippen molar-refractivity contribution in [1.29, 1.82) is 0 Å². The molecule has 0 aromatic rings. The zero-order valence-corrected chi connectivity index (χ0v) is 26.7. The van der Waals surface area contributed by atoms with Crippen molar-refractivity contribution in [1.82, 2.24) is 10.2 Å². The molecule has 37 heavy (non-hydrogen) atoms. The summed E-state index contributed by atoms with van der Waals surface area (Å²) < 4.78 is 0. The Hall–Kier alpha value is -0.320. The standard InChI is InChI=1S/C9H21N.C8H23N5.C8H19N.C4H11N/c1-5-8(2)6-9(3,4)7-10;9-1-4-12-5-8-13(6-2-10)7-3-11;1-3-4-5-6-8(2)7-9;1-4(2)3-5/h8H,5-7,10H2,1-4H3;12H,1-11H2;8H,3-7,9H2,1-2H3;4H,3,5H2,1-2H3. The first-order chi connectivity index (χ1) is 17.4. The number of nitrogens with one attached hydrogen (secondary N) is 1. The lowest BCUT2D eigenvalue weighted by Gasteiger charge is -2.25. The molecule has 0 aromatic carbocycles. The van der Waals surface area contributed by atoms with Gasteiger partial charge >= 0.3 is 0 Å². The largest absolute Gasteiger partial charge is 0.330 e. The highest BCUT2D eigenvalue weighted by Crippen LogP contribution is 2.25. The van der Waals surface area contributed by atoms with Crippen LogP contribution in [-0.4, -0.2) is 76.9 Å². The molecular weight excluding hydrogens is 460 g/mol. The van der Waals surface area contributed by atoms with Crippen molar-refractivity contribution in [3.63, 3.8) is 0 Å². The summed E-state index contributed by atoms with van der Waals surface area (Å²) in [5, 5.41) is 3.23. The van der Waals surface area contributed by atoms with Gasteiger partial charge in [0.15, 0.2) is 0 Å². The van der Waals surface area contributed by atoms with Gasteiger partial charge in [-0.15, -0.1) is 0 Å². The minimum absolute atomic E-state index is 0.343. The SMILES string of the molecule is CC(C)CN.CCC(C)CC(C)(C)CN.CCCCCC(C)CN.NCCNCCN(CCN)CCN. The summed E-state index contributed by atoms with van der Waals surface area (Å²) in [6, 6.07) is 0. The van der Waals surface area contributed by atoms with Gasteiger partial charge in [-0.1, -0.05) is 81.1 Å². The molecule has 0 heterocycles. The van der Waals surface area contributed by atoms with Crippen LogP contribution in [0.15, 0.2) is 0 Å². The number of hydrogen-bond donors (Lipinski definition) is 7. The van der Waals surface area contributed by atoms with Crippen LogP contribution in [0.3, 0.4) is 0 Å². The van der Waals surface area contributed by atoms with Crippen molar-refractivity contribution in [3.8, 4) is 0 Å². The van der Waals surface area contributed by atoms with Crippen molar-refractivity contribution < 1.29 is 0 Å². The van der Waals surface area contributed by atoms with Gasteiger partial charge in [0.25, 0.3) is 0 Å². The van der Waals surface area contributed by atoms with Crippen LogP contribution in [0, 0.1) is 23.2 Å². The molecule has 230 valence electrons. The second-order valence-corrected chi connectivity index (χ2v) is 11.5. The van der Waals surface area contributed by atoms with E-state index < -0.39 is 0 Å². The fourth-order valence-corrected chi connectivity index (χ4v) is 3.20. The Morgan fingerprint density at radius 3 is 1.59 bits per heavy atom. The zero-order valence-electron chi connectivity index (χ0n) is 26.7. The van der Waals surface area contributed by atoms with Gasteiger partial charge < -0.3 is 39.7 Å². The molecule has 0 aliphatic rings. The first-order valence-corrected chi connectivity index (χ1v) is 15.1. The van der Waals surface area contributed by atoms with Crippen molar-refractivity contribution in [2.24, 2.45) is 57.6 Å². The molecule has 13 N–H and O–H groups in total. The first-order valence-electron chi connectivity index (χ1n) is 15.1. The van der Waals surface area contributed by atoms with Gasteiger partial charge in [0.1, 0.15) is 0 Å². The predicted molar refractivity (Wildman–Crippen MR) is 170 cm³/mol. The molecular formula is C29H74N8. The Labute approximate surface area is 233 Å². The molecule has 2 unspecified atom stereocenters. The van der Waals surface area contributed by atoms with E-state index in [4.69, 9.17) is 34.4 Å². The van der Waals surface area contributed by atoms with E-state index in [1.54, 1.807) is 0 Å². The van der Waals surface area contributed by atoms with Gasteiger partial charge in [0, 0.05) is 52.4 Å². The number of rotatable bonds is 19. The van der Waals surface area contributed by atoms with Crippen LogP contribution in [-0.2, 0) is 0 Å². The molecule has 8 heteroatoms. The van der Waals surface area contributed by atoms with E-state index in [0.717, 1.165) is 64.2 Å². The van der Waals surface area contributed by atoms with Gasteiger partial charge in [0.05, 0.1) is 0 Å². The van der Waals surface area contributed by atoms with E-state index >= 15 is 0 Å². The molecule has 0 amide bonds. The third kappa shape index (κ3) is 43.0. The van der Waals surface area contributed by atoms with E-state index in [-0.39, 0.29) is 0 Å². The van der Waals surface area contributed by atoms with Crippen LogP contribution >= 0.6 is 0 Å². The fraction of sp³-hybridized carbons (Fsp3) is 1.00. The smallest absolute Gasteiger partial charge is 0.0108 e. The summed E-state index contributed by atoms with van der Waals surface area (Å²) in [5.41, 5.74) is 32.9. The van der Waals surface area contributed by atoms with Crippen molar-refractivity contribution in [3.05, 3.63) is 0 Å². The molecule has 2 atom stereocenters. The molecule has 0 rings (SSSR count). The Balaban J connectivity index is -0.000000205. The maximum absolute atomic E-state index is 5.61. The lowest BCUT2D eigenvalue weighted by molar-refractivity contribution is 0.282. The summed E-state index contributed by atoms with van der Waals surface area (Å²) in [5.74, 6) is 2.21. The van der Waals surface area contributed by atoms with Crippen LogP contribution in [0.2, 0.25) is 0 Å². The summed E-state index contributed by atoms with van der Waals surface area (Å²) in [6.07, 6.45) is 7.87. The summed E-state index contributed by atoms with van der Waals surface area (Å²) >= 11 is 0. The van der Waals surface area contributed by atoms with Crippen LogP contribution < -0.4 is 39.7 Å². The lowest BCUT2D eigenvalue weighted by Crippen LogP contribution is -2.39. The number of unbranched alkanes of at least 4 members (excludes halogenated alkanes) is 2. The van der Waals surface area contributed by atoms with Crippen molar-refractivity contribution in [2.45, 2.75) is 93.9 Å². The van der Waals surface area contributed by atoms with Crippen molar-refractivity contribution >= 4 is 0 Å². The molecule has 0 saturated carbocycles. The normalized spacial score (nSPS) is 12.6. The quantitative estimate of drug-likeness (QED) is 0.124. The highest BCUT2D eigenvalue weighted by molar-refractivity contribution is 4.71. The molecule has 0 radical (unpaired) electrons. The predicted octanol–water partition coefficient (Wildman–Crippen LogP) is 2.92. The molecule has 8 nitrogen and oxygen atoms in total. The van der Waals surface area contributed by atoms with Gasteiger partial charge in [-0.25, -0.2) is 0 Å². The van der Waals surface area contributed by atoms with Crippen molar-refractivity contribution in [2.75, 3.05) is 72.0 Å². The third-order valence-corrected chi connectivity index (χ3v) is 6.14. The number of nitrogens with zero attached hydrogens (tertiary/aromatic N) is 1. The second kappa shape index (κ2) is 33.7. The first kappa shape index (κ1) is 43.7. The van der Waals surface area contributed by atoms with Crippen LogP contribution in [0.5, 0.6) is 0 Å². The van der Waals surface area contributed by atoms with Gasteiger partial charge in [0.2, 0.25) is 0 Å².